The number of carbonyl (C=O) groups excluding carboxylic acids is 2. The van der Waals surface area contributed by atoms with E-state index < -0.39 is 11.9 Å². The molecule has 2 aliphatic heterocycles. The SMILES string of the molecule is O=C(OCC(=O)N1CCN(c2ncccn2)CC1)[C@@H]1COc2ccc(Cl)cc2C1. The van der Waals surface area contributed by atoms with Gasteiger partial charge in [0.25, 0.3) is 5.91 Å². The van der Waals surface area contributed by atoms with Crippen molar-refractivity contribution < 1.29 is 19.1 Å². The van der Waals surface area contributed by atoms with Crippen LogP contribution in [0.15, 0.2) is 36.7 Å². The molecule has 0 bridgehead atoms. The van der Waals surface area contributed by atoms with Crippen LogP contribution in [0.2, 0.25) is 5.02 Å². The smallest absolute Gasteiger partial charge is 0.313 e. The van der Waals surface area contributed by atoms with Crippen LogP contribution >= 0.6 is 11.6 Å². The Morgan fingerprint density at radius 1 is 1.17 bits per heavy atom. The molecule has 3 heterocycles. The molecule has 1 amide bonds. The zero-order valence-corrected chi connectivity index (χ0v) is 16.5. The number of aromatic nitrogens is 2. The fourth-order valence-electron chi connectivity index (χ4n) is 3.47. The van der Waals surface area contributed by atoms with Gasteiger partial charge in [-0.05, 0) is 36.2 Å². The van der Waals surface area contributed by atoms with E-state index in [0.29, 0.717) is 43.6 Å². The number of carbonyl (C=O) groups is 2. The zero-order chi connectivity index (χ0) is 20.2. The first-order valence-corrected chi connectivity index (χ1v) is 9.85. The number of amides is 1. The maximum absolute atomic E-state index is 12.4. The van der Waals surface area contributed by atoms with Crippen molar-refractivity contribution in [1.82, 2.24) is 14.9 Å². The molecular weight excluding hydrogens is 396 g/mol. The third-order valence-corrected chi connectivity index (χ3v) is 5.30. The Morgan fingerprint density at radius 2 is 1.93 bits per heavy atom. The van der Waals surface area contributed by atoms with Gasteiger partial charge in [0.2, 0.25) is 5.95 Å². The van der Waals surface area contributed by atoms with Crippen LogP contribution in [0.5, 0.6) is 5.75 Å². The van der Waals surface area contributed by atoms with E-state index in [1.807, 2.05) is 4.90 Å². The van der Waals surface area contributed by atoms with Gasteiger partial charge in [-0.15, -0.1) is 0 Å². The highest BCUT2D eigenvalue weighted by molar-refractivity contribution is 6.30. The summed E-state index contributed by atoms with van der Waals surface area (Å²) in [6.07, 6.45) is 3.87. The van der Waals surface area contributed by atoms with E-state index in [1.54, 1.807) is 41.6 Å². The molecule has 0 radical (unpaired) electrons. The van der Waals surface area contributed by atoms with Crippen molar-refractivity contribution in [2.45, 2.75) is 6.42 Å². The van der Waals surface area contributed by atoms with Gasteiger partial charge < -0.3 is 19.3 Å². The summed E-state index contributed by atoms with van der Waals surface area (Å²) in [6.45, 7) is 2.31. The van der Waals surface area contributed by atoms with E-state index in [2.05, 4.69) is 9.97 Å². The summed E-state index contributed by atoms with van der Waals surface area (Å²) in [4.78, 5) is 37.0. The Balaban J connectivity index is 1.24. The van der Waals surface area contributed by atoms with Gasteiger partial charge in [0.05, 0.1) is 5.92 Å². The quantitative estimate of drug-likeness (QED) is 0.699. The Labute approximate surface area is 173 Å². The van der Waals surface area contributed by atoms with Crippen molar-refractivity contribution in [1.29, 1.82) is 0 Å². The maximum Gasteiger partial charge on any atom is 0.313 e. The number of hydrogen-bond donors (Lipinski definition) is 0. The second-order valence-electron chi connectivity index (χ2n) is 6.99. The van der Waals surface area contributed by atoms with Gasteiger partial charge in [-0.3, -0.25) is 9.59 Å². The van der Waals surface area contributed by atoms with Crippen LogP contribution in [0.3, 0.4) is 0 Å². The lowest BCUT2D eigenvalue weighted by atomic mass is 9.97. The molecule has 1 aromatic heterocycles. The van der Waals surface area contributed by atoms with Crippen molar-refractivity contribution in [2.24, 2.45) is 5.92 Å². The number of esters is 1. The summed E-state index contributed by atoms with van der Waals surface area (Å²) in [7, 11) is 0. The summed E-state index contributed by atoms with van der Waals surface area (Å²) < 4.78 is 10.9. The second kappa shape index (κ2) is 8.65. The molecule has 1 atom stereocenters. The molecule has 2 aromatic rings. The summed E-state index contributed by atoms with van der Waals surface area (Å²) in [5.41, 5.74) is 0.872. The Hall–Kier alpha value is -2.87. The summed E-state index contributed by atoms with van der Waals surface area (Å²) in [5.74, 6) is 0.312. The molecule has 1 aromatic carbocycles. The number of anilines is 1. The molecule has 1 saturated heterocycles. The lowest BCUT2D eigenvalue weighted by Gasteiger charge is -2.34. The van der Waals surface area contributed by atoms with Crippen molar-refractivity contribution in [3.63, 3.8) is 0 Å². The molecule has 9 heteroatoms. The van der Waals surface area contributed by atoms with Crippen LogP contribution < -0.4 is 9.64 Å². The lowest BCUT2D eigenvalue weighted by molar-refractivity contribution is -0.156. The van der Waals surface area contributed by atoms with Gasteiger partial charge in [-0.1, -0.05) is 11.6 Å². The number of piperazine rings is 1. The highest BCUT2D eigenvalue weighted by Gasteiger charge is 2.29. The minimum absolute atomic E-state index is 0.202. The Morgan fingerprint density at radius 3 is 2.69 bits per heavy atom. The first-order chi connectivity index (χ1) is 14.1. The minimum atomic E-state index is -0.444. The van der Waals surface area contributed by atoms with E-state index in [0.717, 1.165) is 11.3 Å². The molecule has 4 rings (SSSR count). The molecule has 8 nitrogen and oxygen atoms in total. The molecule has 0 unspecified atom stereocenters. The van der Waals surface area contributed by atoms with Crippen LogP contribution in [0, 0.1) is 5.92 Å². The topological polar surface area (TPSA) is 84.9 Å². The van der Waals surface area contributed by atoms with E-state index in [4.69, 9.17) is 21.1 Å². The van der Waals surface area contributed by atoms with Gasteiger partial charge in [-0.25, -0.2) is 9.97 Å². The first kappa shape index (κ1) is 19.4. The molecular formula is C20H21ClN4O4. The van der Waals surface area contributed by atoms with Crippen molar-refractivity contribution >= 4 is 29.4 Å². The maximum atomic E-state index is 12.4. The van der Waals surface area contributed by atoms with Gasteiger partial charge in [-0.2, -0.15) is 0 Å². The monoisotopic (exact) mass is 416 g/mol. The summed E-state index contributed by atoms with van der Waals surface area (Å²) >= 11 is 6.01. The standard InChI is InChI=1S/C20H21ClN4O4/c21-16-2-3-17-14(11-16)10-15(12-28-17)19(27)29-13-18(26)24-6-8-25(9-7-24)20-22-4-1-5-23-20/h1-5,11,15H,6-10,12-13H2/t15-/m0/s1. The van der Waals surface area contributed by atoms with Gasteiger partial charge in [0.1, 0.15) is 12.4 Å². The number of benzene rings is 1. The molecule has 0 spiro atoms. The average molecular weight is 417 g/mol. The Kier molecular flexibility index (Phi) is 5.80. The highest BCUT2D eigenvalue weighted by Crippen LogP contribution is 2.30. The zero-order valence-electron chi connectivity index (χ0n) is 15.8. The number of nitrogens with zero attached hydrogens (tertiary/aromatic N) is 4. The van der Waals surface area contributed by atoms with Gasteiger partial charge in [0, 0.05) is 43.6 Å². The van der Waals surface area contributed by atoms with Crippen LogP contribution in [-0.4, -0.2) is 66.1 Å². The number of rotatable bonds is 4. The largest absolute Gasteiger partial charge is 0.492 e. The number of halogens is 1. The van der Waals surface area contributed by atoms with Crippen molar-refractivity contribution in [3.8, 4) is 5.75 Å². The molecule has 152 valence electrons. The fraction of sp³-hybridized carbons (Fsp3) is 0.400. The van der Waals surface area contributed by atoms with Crippen molar-refractivity contribution in [3.05, 3.63) is 47.2 Å². The molecule has 0 N–H and O–H groups in total. The Bertz CT molecular complexity index is 887. The molecule has 2 aliphatic rings. The van der Waals surface area contributed by atoms with Crippen LogP contribution in [0.25, 0.3) is 0 Å². The van der Waals surface area contributed by atoms with E-state index in [-0.39, 0.29) is 19.1 Å². The average Bonchev–Trinajstić information content (AvgIpc) is 2.77. The van der Waals surface area contributed by atoms with Gasteiger partial charge >= 0.3 is 5.97 Å². The third kappa shape index (κ3) is 4.59. The fourth-order valence-corrected chi connectivity index (χ4v) is 3.66. The van der Waals surface area contributed by atoms with E-state index in [9.17, 15) is 9.59 Å². The molecule has 0 aliphatic carbocycles. The van der Waals surface area contributed by atoms with E-state index in [1.165, 1.54) is 0 Å². The summed E-state index contributed by atoms with van der Waals surface area (Å²) in [6, 6.07) is 7.10. The van der Waals surface area contributed by atoms with Crippen LogP contribution in [0.4, 0.5) is 5.95 Å². The lowest BCUT2D eigenvalue weighted by Crippen LogP contribution is -2.50. The second-order valence-corrected chi connectivity index (χ2v) is 7.42. The molecule has 1 fully saturated rings. The summed E-state index contributed by atoms with van der Waals surface area (Å²) in [5, 5.41) is 0.594. The molecule has 0 saturated carbocycles. The predicted molar refractivity (Wildman–Crippen MR) is 106 cm³/mol. The van der Waals surface area contributed by atoms with Gasteiger partial charge in [0.15, 0.2) is 6.61 Å². The normalized spacial score (nSPS) is 18.6. The predicted octanol–water partition coefficient (Wildman–Crippen LogP) is 1.57. The minimum Gasteiger partial charge on any atom is -0.492 e. The molecule has 29 heavy (non-hydrogen) atoms. The highest BCUT2D eigenvalue weighted by atomic mass is 35.5. The number of fused-ring (bicyclic) bond motifs is 1. The third-order valence-electron chi connectivity index (χ3n) is 5.07. The van der Waals surface area contributed by atoms with Crippen molar-refractivity contribution in [2.75, 3.05) is 44.3 Å². The first-order valence-electron chi connectivity index (χ1n) is 9.48. The number of hydrogen-bond acceptors (Lipinski definition) is 7. The van der Waals surface area contributed by atoms with Crippen LogP contribution in [-0.2, 0) is 20.7 Å². The van der Waals surface area contributed by atoms with Crippen LogP contribution in [0.1, 0.15) is 5.56 Å². The van der Waals surface area contributed by atoms with E-state index >= 15 is 0 Å². The number of ether oxygens (including phenoxy) is 2.